The van der Waals surface area contributed by atoms with Crippen LogP contribution < -0.4 is 4.90 Å². The lowest BCUT2D eigenvalue weighted by atomic mass is 9.70. The van der Waals surface area contributed by atoms with Crippen LogP contribution >= 0.6 is 0 Å². The first-order valence-corrected chi connectivity index (χ1v) is 24.8. The molecule has 2 spiro atoms. The Hall–Kier alpha value is -8.52. The number of nitrogens with zero attached hydrogens (tertiary/aromatic N) is 1. The van der Waals surface area contributed by atoms with Gasteiger partial charge in [-0.1, -0.05) is 208 Å². The van der Waals surface area contributed by atoms with Crippen LogP contribution in [0, 0.1) is 0 Å². The maximum atomic E-state index is 2.61. The van der Waals surface area contributed by atoms with Crippen molar-refractivity contribution in [2.75, 3.05) is 4.90 Å². The molecule has 11 aromatic carbocycles. The van der Waals surface area contributed by atoms with Gasteiger partial charge in [0.2, 0.25) is 0 Å². The minimum Gasteiger partial charge on any atom is -0.310 e. The summed E-state index contributed by atoms with van der Waals surface area (Å²) in [6.45, 7) is 4.80. The molecule has 70 heavy (non-hydrogen) atoms. The molecule has 0 N–H and O–H groups in total. The second-order valence-electron chi connectivity index (χ2n) is 20.6. The van der Waals surface area contributed by atoms with Crippen molar-refractivity contribution in [3.8, 4) is 55.6 Å². The molecule has 0 aliphatic heterocycles. The fourth-order valence-corrected chi connectivity index (χ4v) is 14.5. The molecule has 0 saturated heterocycles. The van der Waals surface area contributed by atoms with Crippen LogP contribution in [0.15, 0.2) is 237 Å². The Morgan fingerprint density at radius 1 is 0.257 bits per heavy atom. The quantitative estimate of drug-likeness (QED) is 0.171. The molecule has 16 rings (SSSR count). The van der Waals surface area contributed by atoms with E-state index in [1.807, 2.05) is 0 Å². The van der Waals surface area contributed by atoms with E-state index >= 15 is 0 Å². The molecule has 0 fully saturated rings. The van der Waals surface area contributed by atoms with E-state index in [-0.39, 0.29) is 5.41 Å². The van der Waals surface area contributed by atoms with Crippen LogP contribution in [0.2, 0.25) is 0 Å². The van der Waals surface area contributed by atoms with Gasteiger partial charge in [-0.05, 0) is 159 Å². The van der Waals surface area contributed by atoms with Crippen LogP contribution in [0.5, 0.6) is 0 Å². The monoisotopic (exact) mass is 887 g/mol. The molecule has 0 aromatic heterocycles. The standard InChI is InChI=1S/C69H45N/c1-67(2)55-26-11-5-20-46(55)51-36-34-44(40-62(51)67)70(45-35-37-52-49-23-8-14-29-58(49)68(64(52)41-45)56-27-12-6-21-47(56)48-22-7-13-28-57(48)68)65-33-17-32-61-66(65)53-25-10-16-31-60(53)69(61)59-30-15-9-24-50(59)54-38-42-18-3-4-19-43(42)39-63(54)69/h3-41H,1-2H3. The van der Waals surface area contributed by atoms with E-state index in [4.69, 9.17) is 0 Å². The third kappa shape index (κ3) is 4.51. The molecule has 1 atom stereocenters. The fourth-order valence-electron chi connectivity index (χ4n) is 14.5. The van der Waals surface area contributed by atoms with Crippen LogP contribution in [0.3, 0.4) is 0 Å². The third-order valence-electron chi connectivity index (χ3n) is 17.3. The first-order chi connectivity index (χ1) is 34.5. The Morgan fingerprint density at radius 3 is 1.20 bits per heavy atom. The van der Waals surface area contributed by atoms with E-state index in [0.29, 0.717) is 0 Å². The van der Waals surface area contributed by atoms with Gasteiger partial charge in [0, 0.05) is 22.4 Å². The number of benzene rings is 11. The lowest BCUT2D eigenvalue weighted by molar-refractivity contribution is 0.660. The number of anilines is 3. The van der Waals surface area contributed by atoms with E-state index < -0.39 is 10.8 Å². The molecule has 0 bridgehead atoms. The Balaban J connectivity index is 1.00. The molecule has 5 aliphatic rings. The highest BCUT2D eigenvalue weighted by Crippen LogP contribution is 2.67. The fraction of sp³-hybridized carbons (Fsp3) is 0.0725. The van der Waals surface area contributed by atoms with E-state index in [2.05, 4.69) is 255 Å². The van der Waals surface area contributed by atoms with Crippen LogP contribution in [0.25, 0.3) is 66.4 Å². The highest BCUT2D eigenvalue weighted by molar-refractivity contribution is 6.04. The Bertz CT molecular complexity index is 4060. The average Bonchev–Trinajstić information content (AvgIpc) is 4.14. The van der Waals surface area contributed by atoms with E-state index in [9.17, 15) is 0 Å². The molecule has 0 saturated carbocycles. The smallest absolute Gasteiger partial charge is 0.0726 e. The second-order valence-corrected chi connectivity index (χ2v) is 20.6. The summed E-state index contributed by atoms with van der Waals surface area (Å²) in [6.07, 6.45) is 0. The Morgan fingerprint density at radius 2 is 0.629 bits per heavy atom. The van der Waals surface area contributed by atoms with Crippen molar-refractivity contribution in [3.05, 3.63) is 292 Å². The number of rotatable bonds is 3. The van der Waals surface area contributed by atoms with Gasteiger partial charge in [-0.15, -0.1) is 0 Å². The van der Waals surface area contributed by atoms with Crippen LogP contribution in [-0.2, 0) is 16.2 Å². The Labute approximate surface area is 408 Å². The van der Waals surface area contributed by atoms with Gasteiger partial charge >= 0.3 is 0 Å². The summed E-state index contributed by atoms with van der Waals surface area (Å²) in [5.74, 6) is 0. The summed E-state index contributed by atoms with van der Waals surface area (Å²) in [4.78, 5) is 2.61. The molecule has 5 aliphatic carbocycles. The van der Waals surface area contributed by atoms with Crippen molar-refractivity contribution >= 4 is 27.8 Å². The van der Waals surface area contributed by atoms with Gasteiger partial charge in [0.25, 0.3) is 0 Å². The zero-order chi connectivity index (χ0) is 46.1. The molecule has 0 amide bonds. The lowest BCUT2D eigenvalue weighted by Crippen LogP contribution is -2.26. The molecule has 1 nitrogen and oxygen atoms in total. The minimum atomic E-state index is -0.508. The molecule has 0 radical (unpaired) electrons. The van der Waals surface area contributed by atoms with Gasteiger partial charge in [0.1, 0.15) is 0 Å². The zero-order valence-corrected chi connectivity index (χ0v) is 39.0. The van der Waals surface area contributed by atoms with Gasteiger partial charge in [-0.25, -0.2) is 0 Å². The predicted octanol–water partition coefficient (Wildman–Crippen LogP) is 17.3. The maximum Gasteiger partial charge on any atom is 0.0726 e. The zero-order valence-electron chi connectivity index (χ0n) is 39.0. The van der Waals surface area contributed by atoms with Gasteiger partial charge in [-0.2, -0.15) is 0 Å². The largest absolute Gasteiger partial charge is 0.310 e. The highest BCUT2D eigenvalue weighted by atomic mass is 15.1. The van der Waals surface area contributed by atoms with Crippen LogP contribution in [-0.4, -0.2) is 0 Å². The van der Waals surface area contributed by atoms with Crippen molar-refractivity contribution in [2.24, 2.45) is 0 Å². The van der Waals surface area contributed by atoms with Gasteiger partial charge < -0.3 is 4.90 Å². The Kier molecular flexibility index (Phi) is 7.35. The van der Waals surface area contributed by atoms with Crippen LogP contribution in [0.4, 0.5) is 17.1 Å². The molecule has 1 heteroatoms. The van der Waals surface area contributed by atoms with E-state index in [0.717, 1.165) is 11.4 Å². The SMILES string of the molecule is CC1(C)c2ccccc2-c2ccc(N(c3ccc4c(c3)C3(c5ccccc5-c5ccccc53)c3ccccc3-4)c3cccc4c3-c3ccccc3C43c4ccccc4-c4cc5ccccc5cc43)cc21. The normalized spacial score (nSPS) is 16.7. The van der Waals surface area contributed by atoms with Crippen molar-refractivity contribution in [2.45, 2.75) is 30.1 Å². The molecular weight excluding hydrogens is 843 g/mol. The highest BCUT2D eigenvalue weighted by Gasteiger charge is 2.54. The van der Waals surface area contributed by atoms with Gasteiger partial charge in [-0.3, -0.25) is 0 Å². The first-order valence-electron chi connectivity index (χ1n) is 24.8. The summed E-state index contributed by atoms with van der Waals surface area (Å²) in [5.41, 5.74) is 28.9. The summed E-state index contributed by atoms with van der Waals surface area (Å²) in [7, 11) is 0. The summed E-state index contributed by atoms with van der Waals surface area (Å²) < 4.78 is 0. The van der Waals surface area contributed by atoms with Gasteiger partial charge in [0.15, 0.2) is 0 Å². The maximum absolute atomic E-state index is 2.61. The predicted molar refractivity (Wildman–Crippen MR) is 289 cm³/mol. The van der Waals surface area contributed by atoms with Crippen molar-refractivity contribution < 1.29 is 0 Å². The van der Waals surface area contributed by atoms with Crippen LogP contribution in [0.1, 0.15) is 69.5 Å². The molecule has 1 unspecified atom stereocenters. The average molecular weight is 888 g/mol. The van der Waals surface area contributed by atoms with Crippen molar-refractivity contribution in [1.29, 1.82) is 0 Å². The first kappa shape index (κ1) is 38.4. The summed E-state index contributed by atoms with van der Waals surface area (Å²) in [5, 5.41) is 2.53. The molecule has 326 valence electrons. The summed E-state index contributed by atoms with van der Waals surface area (Å²) in [6, 6.07) is 90.6. The topological polar surface area (TPSA) is 3.24 Å². The lowest BCUT2D eigenvalue weighted by Gasteiger charge is -2.34. The molecule has 0 heterocycles. The number of hydrogen-bond donors (Lipinski definition) is 0. The molecule has 11 aromatic rings. The van der Waals surface area contributed by atoms with Gasteiger partial charge in [0.05, 0.1) is 16.5 Å². The van der Waals surface area contributed by atoms with Crippen molar-refractivity contribution in [3.63, 3.8) is 0 Å². The number of fused-ring (bicyclic) bond motifs is 24. The third-order valence-corrected chi connectivity index (χ3v) is 17.3. The van der Waals surface area contributed by atoms with E-state index in [1.165, 1.54) is 128 Å². The number of hydrogen-bond acceptors (Lipinski definition) is 1. The molecular formula is C69H45N. The minimum absolute atomic E-state index is 0.177. The van der Waals surface area contributed by atoms with Crippen molar-refractivity contribution in [1.82, 2.24) is 0 Å². The summed E-state index contributed by atoms with van der Waals surface area (Å²) >= 11 is 0. The van der Waals surface area contributed by atoms with E-state index in [1.54, 1.807) is 0 Å². The second kappa shape index (κ2) is 13.4.